The van der Waals surface area contributed by atoms with Crippen LogP contribution in [0.2, 0.25) is 0 Å². The van der Waals surface area contributed by atoms with E-state index in [4.69, 9.17) is 0 Å². The summed E-state index contributed by atoms with van der Waals surface area (Å²) >= 11 is 0. The third kappa shape index (κ3) is 3.94. The van der Waals surface area contributed by atoms with Crippen LogP contribution in [0.25, 0.3) is 6.08 Å². The fourth-order valence-electron chi connectivity index (χ4n) is 1.70. The van der Waals surface area contributed by atoms with Crippen molar-refractivity contribution in [2.24, 2.45) is 0 Å². The number of hydrogen-bond acceptors (Lipinski definition) is 3. The number of nitrogens with zero attached hydrogens (tertiary/aromatic N) is 1. The summed E-state index contributed by atoms with van der Waals surface area (Å²) in [7, 11) is 0. The van der Waals surface area contributed by atoms with Gasteiger partial charge in [-0.3, -0.25) is 9.78 Å². The lowest BCUT2D eigenvalue weighted by Crippen LogP contribution is -2.11. The quantitative estimate of drug-likeness (QED) is 0.756. The van der Waals surface area contributed by atoms with Gasteiger partial charge in [0.25, 0.3) is 0 Å². The van der Waals surface area contributed by atoms with Crippen LogP contribution < -0.4 is 0 Å². The van der Waals surface area contributed by atoms with Crippen molar-refractivity contribution in [2.75, 3.05) is 0 Å². The van der Waals surface area contributed by atoms with Crippen LogP contribution in [-0.4, -0.2) is 16.6 Å². The van der Waals surface area contributed by atoms with E-state index in [1.807, 2.05) is 12.1 Å². The van der Waals surface area contributed by atoms with E-state index in [1.165, 1.54) is 6.92 Å². The average Bonchev–Trinajstić information content (AvgIpc) is 2.29. The highest BCUT2D eigenvalue weighted by Crippen LogP contribution is 2.22. The van der Waals surface area contributed by atoms with Crippen LogP contribution in [0.15, 0.2) is 24.9 Å². The van der Waals surface area contributed by atoms with Gasteiger partial charge in [0.1, 0.15) is 11.6 Å². The Morgan fingerprint density at radius 1 is 1.41 bits per heavy atom. The van der Waals surface area contributed by atoms with Crippen LogP contribution in [0.4, 0.5) is 0 Å². The standard InChI is InChI=1S/C14H17NO2/c1-4-13-7-6-12(9-15-13)14(11(3)17)8-5-10(2)16/h4,6-7,9,14H,1,5,8H2,2-3H3. The second-order valence-electron chi connectivity index (χ2n) is 4.12. The Bertz CT molecular complexity index is 420. The van der Waals surface area contributed by atoms with E-state index in [2.05, 4.69) is 11.6 Å². The Balaban J connectivity index is 2.85. The topological polar surface area (TPSA) is 47.0 Å². The van der Waals surface area contributed by atoms with E-state index in [0.29, 0.717) is 12.8 Å². The minimum atomic E-state index is -0.231. The first-order valence-electron chi connectivity index (χ1n) is 5.63. The molecule has 0 aromatic carbocycles. The molecule has 0 spiro atoms. The summed E-state index contributed by atoms with van der Waals surface area (Å²) in [5.41, 5.74) is 1.65. The number of carbonyl (C=O) groups is 2. The summed E-state index contributed by atoms with van der Waals surface area (Å²) in [6, 6.07) is 3.70. The van der Waals surface area contributed by atoms with Crippen molar-refractivity contribution in [3.05, 3.63) is 36.2 Å². The van der Waals surface area contributed by atoms with Crippen molar-refractivity contribution in [3.8, 4) is 0 Å². The first kappa shape index (κ1) is 13.3. The van der Waals surface area contributed by atoms with Gasteiger partial charge in [0.15, 0.2) is 0 Å². The van der Waals surface area contributed by atoms with Crippen LogP contribution in [0.5, 0.6) is 0 Å². The lowest BCUT2D eigenvalue weighted by molar-refractivity contribution is -0.119. The van der Waals surface area contributed by atoms with Gasteiger partial charge in [-0.25, -0.2) is 0 Å². The molecule has 0 aliphatic rings. The predicted molar refractivity (Wildman–Crippen MR) is 67.7 cm³/mol. The van der Waals surface area contributed by atoms with Crippen molar-refractivity contribution in [2.45, 2.75) is 32.6 Å². The monoisotopic (exact) mass is 231 g/mol. The summed E-state index contributed by atoms with van der Waals surface area (Å²) in [4.78, 5) is 26.7. The third-order valence-corrected chi connectivity index (χ3v) is 2.70. The summed E-state index contributed by atoms with van der Waals surface area (Å²) < 4.78 is 0. The maximum Gasteiger partial charge on any atom is 0.137 e. The molecule has 0 amide bonds. The molecule has 0 saturated heterocycles. The molecule has 0 fully saturated rings. The van der Waals surface area contributed by atoms with Crippen LogP contribution in [0, 0.1) is 0 Å². The Morgan fingerprint density at radius 3 is 2.53 bits per heavy atom. The third-order valence-electron chi connectivity index (χ3n) is 2.70. The van der Waals surface area contributed by atoms with Gasteiger partial charge in [0.05, 0.1) is 5.69 Å². The summed E-state index contributed by atoms with van der Waals surface area (Å²) in [5.74, 6) is -0.0587. The number of carbonyl (C=O) groups excluding carboxylic acids is 2. The van der Waals surface area contributed by atoms with Gasteiger partial charge in [-0.1, -0.05) is 12.6 Å². The van der Waals surface area contributed by atoms with Gasteiger partial charge >= 0.3 is 0 Å². The van der Waals surface area contributed by atoms with Gasteiger partial charge in [0.2, 0.25) is 0 Å². The Hall–Kier alpha value is -1.77. The minimum absolute atomic E-state index is 0.0689. The van der Waals surface area contributed by atoms with Gasteiger partial charge < -0.3 is 4.79 Å². The molecule has 0 bridgehead atoms. The molecule has 17 heavy (non-hydrogen) atoms. The van der Waals surface area contributed by atoms with Crippen molar-refractivity contribution in [1.82, 2.24) is 4.98 Å². The van der Waals surface area contributed by atoms with Crippen molar-refractivity contribution < 1.29 is 9.59 Å². The highest BCUT2D eigenvalue weighted by molar-refractivity contribution is 5.84. The molecule has 1 unspecified atom stereocenters. The average molecular weight is 231 g/mol. The molecule has 1 heterocycles. The molecule has 0 aliphatic heterocycles. The Morgan fingerprint density at radius 2 is 2.12 bits per heavy atom. The Labute approximate surface area is 102 Å². The fraction of sp³-hybridized carbons (Fsp3) is 0.357. The number of aromatic nitrogens is 1. The zero-order valence-corrected chi connectivity index (χ0v) is 10.3. The van der Waals surface area contributed by atoms with Gasteiger partial charge in [-0.2, -0.15) is 0 Å². The lowest BCUT2D eigenvalue weighted by atomic mass is 9.91. The van der Waals surface area contributed by atoms with Gasteiger partial charge in [0, 0.05) is 18.5 Å². The van der Waals surface area contributed by atoms with Crippen LogP contribution in [0.1, 0.15) is 43.9 Å². The first-order chi connectivity index (χ1) is 8.04. The van der Waals surface area contributed by atoms with Crippen molar-refractivity contribution >= 4 is 17.6 Å². The van der Waals surface area contributed by atoms with Crippen LogP contribution in [0.3, 0.4) is 0 Å². The minimum Gasteiger partial charge on any atom is -0.300 e. The molecule has 1 atom stereocenters. The zero-order valence-electron chi connectivity index (χ0n) is 10.3. The molecule has 0 aliphatic carbocycles. The second kappa shape index (κ2) is 6.09. The maximum atomic E-state index is 11.6. The van der Waals surface area contributed by atoms with Crippen LogP contribution in [-0.2, 0) is 9.59 Å². The van der Waals surface area contributed by atoms with E-state index >= 15 is 0 Å². The number of Topliss-reactive ketones (excluding diaryl/α,β-unsaturated/α-hetero) is 2. The van der Waals surface area contributed by atoms with Crippen molar-refractivity contribution in [3.63, 3.8) is 0 Å². The molecular formula is C14H17NO2. The summed E-state index contributed by atoms with van der Waals surface area (Å²) in [6.07, 6.45) is 4.32. The first-order valence-corrected chi connectivity index (χ1v) is 5.63. The molecular weight excluding hydrogens is 214 g/mol. The van der Waals surface area contributed by atoms with E-state index < -0.39 is 0 Å². The molecule has 90 valence electrons. The van der Waals surface area contributed by atoms with Crippen molar-refractivity contribution in [1.29, 1.82) is 0 Å². The molecule has 1 aromatic rings. The number of hydrogen-bond donors (Lipinski definition) is 0. The fourth-order valence-corrected chi connectivity index (χ4v) is 1.70. The predicted octanol–water partition coefficient (Wildman–Crippen LogP) is 2.77. The highest BCUT2D eigenvalue weighted by atomic mass is 16.1. The van der Waals surface area contributed by atoms with Gasteiger partial charge in [-0.15, -0.1) is 0 Å². The number of pyridine rings is 1. The van der Waals surface area contributed by atoms with E-state index in [0.717, 1.165) is 11.3 Å². The molecule has 3 nitrogen and oxygen atoms in total. The molecule has 1 rings (SSSR count). The number of ketones is 2. The van der Waals surface area contributed by atoms with E-state index in [9.17, 15) is 9.59 Å². The largest absolute Gasteiger partial charge is 0.300 e. The van der Waals surface area contributed by atoms with Gasteiger partial charge in [-0.05, 0) is 38.0 Å². The van der Waals surface area contributed by atoms with Crippen LogP contribution >= 0.6 is 0 Å². The molecule has 0 N–H and O–H groups in total. The highest BCUT2D eigenvalue weighted by Gasteiger charge is 2.17. The maximum absolute atomic E-state index is 11.6. The van der Waals surface area contributed by atoms with E-state index in [-0.39, 0.29) is 17.5 Å². The summed E-state index contributed by atoms with van der Waals surface area (Å²) in [5, 5.41) is 0. The second-order valence-corrected chi connectivity index (χ2v) is 4.12. The zero-order chi connectivity index (χ0) is 12.8. The smallest absolute Gasteiger partial charge is 0.137 e. The molecule has 1 aromatic heterocycles. The normalized spacial score (nSPS) is 11.9. The number of rotatable bonds is 6. The lowest BCUT2D eigenvalue weighted by Gasteiger charge is -2.13. The Kier molecular flexibility index (Phi) is 4.76. The summed E-state index contributed by atoms with van der Waals surface area (Å²) in [6.45, 7) is 6.71. The van der Waals surface area contributed by atoms with E-state index in [1.54, 1.807) is 19.2 Å². The molecule has 0 radical (unpaired) electrons. The molecule has 0 saturated carbocycles. The SMILES string of the molecule is C=Cc1ccc(C(CCC(C)=O)C(C)=O)cn1. The molecule has 3 heteroatoms.